The van der Waals surface area contributed by atoms with E-state index in [1.54, 1.807) is 0 Å². The van der Waals surface area contributed by atoms with Gasteiger partial charge in [0.05, 0.1) is 13.1 Å². The molecule has 2 heterocycles. The van der Waals surface area contributed by atoms with Gasteiger partial charge in [0.15, 0.2) is 11.5 Å². The van der Waals surface area contributed by atoms with Gasteiger partial charge in [-0.25, -0.2) is 0 Å². The number of nitrogens with zero attached hydrogens (tertiary/aromatic N) is 2. The highest BCUT2D eigenvalue weighted by molar-refractivity contribution is 5.78. The molecule has 4 rings (SSSR count). The van der Waals surface area contributed by atoms with Crippen molar-refractivity contribution in [2.45, 2.75) is 19.6 Å². The van der Waals surface area contributed by atoms with Gasteiger partial charge in [0.25, 0.3) is 0 Å². The number of ether oxygens (including phenoxy) is 2. The second-order valence-electron chi connectivity index (χ2n) is 7.84. The summed E-state index contributed by atoms with van der Waals surface area (Å²) in [5.41, 5.74) is 2.65. The molecule has 0 aromatic heterocycles. The molecule has 0 aliphatic carbocycles. The molecule has 1 N–H and O–H groups in total. The fourth-order valence-corrected chi connectivity index (χ4v) is 3.82. The van der Waals surface area contributed by atoms with Crippen LogP contribution >= 0.6 is 0 Å². The summed E-state index contributed by atoms with van der Waals surface area (Å²) in [5, 5.41) is 2.99. The first-order chi connectivity index (χ1) is 14.2. The molecule has 2 aliphatic rings. The summed E-state index contributed by atoms with van der Waals surface area (Å²) in [4.78, 5) is 17.0. The topological polar surface area (TPSA) is 54.0 Å². The Hall–Kier alpha value is -2.57. The Balaban J connectivity index is 1.16. The number of aryl methyl sites for hydroxylation is 1. The van der Waals surface area contributed by atoms with E-state index < -0.39 is 0 Å². The van der Waals surface area contributed by atoms with Crippen molar-refractivity contribution in [2.24, 2.45) is 0 Å². The third-order valence-corrected chi connectivity index (χ3v) is 5.42. The molecule has 29 heavy (non-hydrogen) atoms. The summed E-state index contributed by atoms with van der Waals surface area (Å²) in [6.45, 7) is 8.24. The van der Waals surface area contributed by atoms with E-state index in [0.717, 1.165) is 44.2 Å². The number of amides is 1. The van der Waals surface area contributed by atoms with E-state index in [1.165, 1.54) is 11.1 Å². The van der Waals surface area contributed by atoms with Crippen LogP contribution in [0.1, 0.15) is 11.1 Å². The molecule has 6 nitrogen and oxygen atoms in total. The van der Waals surface area contributed by atoms with E-state index in [0.29, 0.717) is 19.7 Å². The SMILES string of the molecule is Cc1cccc(CN2CCN(CC(=O)NC[C@@H]3COc4ccccc4O3)CC2)c1. The van der Waals surface area contributed by atoms with Crippen molar-refractivity contribution >= 4 is 5.91 Å². The number of carbonyl (C=O) groups is 1. The molecule has 1 fully saturated rings. The van der Waals surface area contributed by atoms with E-state index in [-0.39, 0.29) is 12.0 Å². The van der Waals surface area contributed by atoms with Crippen molar-refractivity contribution in [3.8, 4) is 11.5 Å². The molecule has 0 unspecified atom stereocenters. The fourth-order valence-electron chi connectivity index (χ4n) is 3.82. The lowest BCUT2D eigenvalue weighted by atomic mass is 10.1. The summed E-state index contributed by atoms with van der Waals surface area (Å²) in [5.74, 6) is 1.54. The fraction of sp³-hybridized carbons (Fsp3) is 0.435. The van der Waals surface area contributed by atoms with Crippen LogP contribution in [0.25, 0.3) is 0 Å². The smallest absolute Gasteiger partial charge is 0.234 e. The van der Waals surface area contributed by atoms with Gasteiger partial charge in [-0.3, -0.25) is 14.6 Å². The summed E-state index contributed by atoms with van der Waals surface area (Å²) in [6.07, 6.45) is -0.153. The Bertz CT molecular complexity index is 834. The minimum Gasteiger partial charge on any atom is -0.486 e. The molecule has 1 atom stereocenters. The van der Waals surface area contributed by atoms with Gasteiger partial charge in [-0.05, 0) is 24.6 Å². The molecule has 0 spiro atoms. The van der Waals surface area contributed by atoms with Crippen LogP contribution in [0.4, 0.5) is 0 Å². The van der Waals surface area contributed by atoms with Crippen molar-refractivity contribution in [3.63, 3.8) is 0 Å². The molecule has 1 saturated heterocycles. The van der Waals surface area contributed by atoms with Crippen LogP contribution in [0.2, 0.25) is 0 Å². The van der Waals surface area contributed by atoms with Gasteiger partial charge in [0.1, 0.15) is 12.7 Å². The number of piperazine rings is 1. The standard InChI is InChI=1S/C23H29N3O3/c1-18-5-4-6-19(13-18)15-25-9-11-26(12-10-25)16-23(27)24-14-20-17-28-21-7-2-3-8-22(21)29-20/h2-8,13,20H,9-12,14-17H2,1H3,(H,24,27)/t20-/m1/s1. The van der Waals surface area contributed by atoms with Gasteiger partial charge in [0.2, 0.25) is 5.91 Å². The number of fused-ring (bicyclic) bond motifs is 1. The van der Waals surface area contributed by atoms with Crippen LogP contribution in [-0.2, 0) is 11.3 Å². The number of hydrogen-bond acceptors (Lipinski definition) is 5. The first-order valence-corrected chi connectivity index (χ1v) is 10.3. The first-order valence-electron chi connectivity index (χ1n) is 10.3. The maximum Gasteiger partial charge on any atom is 0.234 e. The average molecular weight is 396 g/mol. The third kappa shape index (κ3) is 5.49. The Morgan fingerprint density at radius 1 is 1.03 bits per heavy atom. The minimum absolute atomic E-state index is 0.0413. The highest BCUT2D eigenvalue weighted by Gasteiger charge is 2.22. The largest absolute Gasteiger partial charge is 0.486 e. The normalized spacial score (nSPS) is 19.7. The van der Waals surface area contributed by atoms with Crippen LogP contribution in [0, 0.1) is 6.92 Å². The summed E-state index contributed by atoms with van der Waals surface area (Å²) < 4.78 is 11.6. The molecule has 0 bridgehead atoms. The van der Waals surface area contributed by atoms with Crippen molar-refractivity contribution in [1.29, 1.82) is 0 Å². The zero-order valence-corrected chi connectivity index (χ0v) is 17.0. The van der Waals surface area contributed by atoms with Crippen LogP contribution in [-0.4, -0.2) is 67.7 Å². The summed E-state index contributed by atoms with van der Waals surface area (Å²) in [7, 11) is 0. The highest BCUT2D eigenvalue weighted by Crippen LogP contribution is 2.30. The minimum atomic E-state index is -0.153. The molecule has 0 saturated carbocycles. The maximum absolute atomic E-state index is 12.3. The first kappa shape index (κ1) is 19.7. The number of para-hydroxylation sites is 2. The Kier molecular flexibility index (Phi) is 6.32. The lowest BCUT2D eigenvalue weighted by molar-refractivity contribution is -0.123. The molecule has 0 radical (unpaired) electrons. The van der Waals surface area contributed by atoms with Crippen molar-refractivity contribution in [3.05, 3.63) is 59.7 Å². The summed E-state index contributed by atoms with van der Waals surface area (Å²) in [6, 6.07) is 16.3. The molecule has 2 aromatic carbocycles. The lowest BCUT2D eigenvalue weighted by Crippen LogP contribution is -2.50. The second-order valence-corrected chi connectivity index (χ2v) is 7.84. The predicted molar refractivity (Wildman–Crippen MR) is 112 cm³/mol. The number of nitrogens with one attached hydrogen (secondary N) is 1. The van der Waals surface area contributed by atoms with Crippen molar-refractivity contribution < 1.29 is 14.3 Å². The average Bonchev–Trinajstić information content (AvgIpc) is 2.73. The number of rotatable bonds is 6. The zero-order chi connectivity index (χ0) is 20.1. The molecule has 6 heteroatoms. The van der Waals surface area contributed by atoms with Gasteiger partial charge in [0, 0.05) is 32.7 Å². The van der Waals surface area contributed by atoms with Gasteiger partial charge >= 0.3 is 0 Å². The van der Waals surface area contributed by atoms with Crippen LogP contribution < -0.4 is 14.8 Å². The van der Waals surface area contributed by atoms with Gasteiger partial charge < -0.3 is 14.8 Å². The monoisotopic (exact) mass is 395 g/mol. The molecule has 2 aliphatic heterocycles. The Labute approximate surface area is 172 Å². The van der Waals surface area contributed by atoms with E-state index in [2.05, 4.69) is 46.3 Å². The Morgan fingerprint density at radius 3 is 2.59 bits per heavy atom. The van der Waals surface area contributed by atoms with E-state index in [9.17, 15) is 4.79 Å². The van der Waals surface area contributed by atoms with Crippen LogP contribution in [0.15, 0.2) is 48.5 Å². The molecule has 1 amide bonds. The van der Waals surface area contributed by atoms with Crippen LogP contribution in [0.5, 0.6) is 11.5 Å². The molecule has 154 valence electrons. The van der Waals surface area contributed by atoms with E-state index in [1.807, 2.05) is 24.3 Å². The van der Waals surface area contributed by atoms with E-state index >= 15 is 0 Å². The number of benzene rings is 2. The molecular formula is C23H29N3O3. The number of carbonyl (C=O) groups excluding carboxylic acids is 1. The van der Waals surface area contributed by atoms with Gasteiger partial charge in [-0.1, -0.05) is 42.0 Å². The van der Waals surface area contributed by atoms with Gasteiger partial charge in [-0.2, -0.15) is 0 Å². The quantitative estimate of drug-likeness (QED) is 0.812. The van der Waals surface area contributed by atoms with E-state index in [4.69, 9.17) is 9.47 Å². The van der Waals surface area contributed by atoms with Crippen molar-refractivity contribution in [1.82, 2.24) is 15.1 Å². The third-order valence-electron chi connectivity index (χ3n) is 5.42. The van der Waals surface area contributed by atoms with Crippen molar-refractivity contribution in [2.75, 3.05) is 45.9 Å². The second kappa shape index (κ2) is 9.29. The zero-order valence-electron chi connectivity index (χ0n) is 17.0. The number of hydrogen-bond donors (Lipinski definition) is 1. The lowest BCUT2D eigenvalue weighted by Gasteiger charge is -2.34. The summed E-state index contributed by atoms with van der Waals surface area (Å²) >= 11 is 0. The molecular weight excluding hydrogens is 366 g/mol. The maximum atomic E-state index is 12.3. The van der Waals surface area contributed by atoms with Gasteiger partial charge in [-0.15, -0.1) is 0 Å². The van der Waals surface area contributed by atoms with Crippen LogP contribution in [0.3, 0.4) is 0 Å². The molecule has 2 aromatic rings. The predicted octanol–water partition coefficient (Wildman–Crippen LogP) is 2.07. The Morgan fingerprint density at radius 2 is 1.79 bits per heavy atom. The highest BCUT2D eigenvalue weighted by atomic mass is 16.6.